The van der Waals surface area contributed by atoms with Crippen molar-refractivity contribution in [3.05, 3.63) is 175 Å². The molecule has 0 N–H and O–H groups in total. The summed E-state index contributed by atoms with van der Waals surface area (Å²) in [6.45, 7) is 0. The molecule has 2 heterocycles. The molecule has 1 aliphatic heterocycles. The molecule has 0 amide bonds. The van der Waals surface area contributed by atoms with Crippen molar-refractivity contribution in [2.75, 3.05) is 0 Å². The molecular weight excluding hydrogens is 599 g/mol. The summed E-state index contributed by atoms with van der Waals surface area (Å²) in [6, 6.07) is 56.0. The van der Waals surface area contributed by atoms with Crippen molar-refractivity contribution in [1.29, 1.82) is 0 Å². The molecule has 4 heteroatoms. The number of hydrogen-bond donors (Lipinski definition) is 0. The molecule has 0 saturated heterocycles. The first-order chi connectivity index (χ1) is 24.3. The van der Waals surface area contributed by atoms with Crippen LogP contribution < -0.4 is 4.74 Å². The number of nitrogens with zero attached hydrogens (tertiary/aromatic N) is 3. The average Bonchev–Trinajstić information content (AvgIpc) is 3.20. The Morgan fingerprint density at radius 2 is 0.939 bits per heavy atom. The van der Waals surface area contributed by atoms with Crippen LogP contribution in [-0.2, 0) is 0 Å². The van der Waals surface area contributed by atoms with Crippen LogP contribution in [0.15, 0.2) is 164 Å². The summed E-state index contributed by atoms with van der Waals surface area (Å²) >= 11 is 0. The minimum Gasteiger partial charge on any atom is -0.455 e. The lowest BCUT2D eigenvalue weighted by molar-refractivity contribution is 0.492. The second kappa shape index (κ2) is 12.2. The van der Waals surface area contributed by atoms with Crippen molar-refractivity contribution in [2.24, 2.45) is 0 Å². The van der Waals surface area contributed by atoms with E-state index in [4.69, 9.17) is 19.7 Å². The Labute approximate surface area is 284 Å². The molecule has 1 aliphatic rings. The summed E-state index contributed by atoms with van der Waals surface area (Å²) in [5.74, 6) is 3.47. The molecule has 0 aliphatic carbocycles. The van der Waals surface area contributed by atoms with Crippen molar-refractivity contribution in [1.82, 2.24) is 15.0 Å². The highest BCUT2D eigenvalue weighted by Crippen LogP contribution is 2.45. The predicted octanol–water partition coefficient (Wildman–Crippen LogP) is 11.6. The van der Waals surface area contributed by atoms with Crippen molar-refractivity contribution in [3.8, 4) is 67.9 Å². The second-order valence-electron chi connectivity index (χ2n) is 12.0. The van der Waals surface area contributed by atoms with E-state index in [1.807, 2.05) is 66.7 Å². The van der Waals surface area contributed by atoms with E-state index in [-0.39, 0.29) is 0 Å². The lowest BCUT2D eigenvalue weighted by Crippen LogP contribution is -2.00. The lowest BCUT2D eigenvalue weighted by atomic mass is 9.93. The zero-order valence-electron chi connectivity index (χ0n) is 26.5. The maximum absolute atomic E-state index is 7.03. The van der Waals surface area contributed by atoms with E-state index in [0.717, 1.165) is 72.3 Å². The van der Waals surface area contributed by atoms with Crippen molar-refractivity contribution >= 4 is 22.9 Å². The maximum Gasteiger partial charge on any atom is 0.164 e. The molecule has 1 aromatic heterocycles. The SMILES string of the molecule is C1=Cc2ccc(-c3nc(-c4ccccc4)nc(-c4ccccc4)n3)cc2-c2ccc3ccccc3c2Oc2ccccc2-c2ccccc21. The highest BCUT2D eigenvalue weighted by atomic mass is 16.5. The molecule has 0 atom stereocenters. The van der Waals surface area contributed by atoms with E-state index in [1.54, 1.807) is 0 Å². The minimum atomic E-state index is 0.604. The standard InChI is InChI=1S/C45H29N3O/c1-3-15-33(16-4-1)43-46-44(34-17-5-2-6-18-34)48-45(47-43)35-26-25-32-24-23-30-13-7-9-19-36(30)38-21-11-12-22-41(38)49-42-37-20-10-8-14-31(37)27-28-39(42)40(32)29-35/h1-29H. The molecule has 0 spiro atoms. The third-order valence-corrected chi connectivity index (χ3v) is 8.97. The number of rotatable bonds is 3. The molecule has 0 unspecified atom stereocenters. The molecular formula is C45H29N3O. The number of fused-ring (bicyclic) bond motifs is 8. The van der Waals surface area contributed by atoms with Gasteiger partial charge in [-0.05, 0) is 45.8 Å². The molecule has 4 nitrogen and oxygen atoms in total. The third kappa shape index (κ3) is 5.35. The Morgan fingerprint density at radius 3 is 1.67 bits per heavy atom. The second-order valence-corrected chi connectivity index (χ2v) is 12.0. The van der Waals surface area contributed by atoms with Crippen LogP contribution in [0.25, 0.3) is 79.3 Å². The van der Waals surface area contributed by atoms with Gasteiger partial charge in [-0.2, -0.15) is 0 Å². The fourth-order valence-corrected chi connectivity index (χ4v) is 6.53. The molecule has 49 heavy (non-hydrogen) atoms. The summed E-state index contributed by atoms with van der Waals surface area (Å²) in [5, 5.41) is 2.15. The number of ether oxygens (including phenoxy) is 1. The maximum atomic E-state index is 7.03. The van der Waals surface area contributed by atoms with Crippen LogP contribution in [0.4, 0.5) is 0 Å². The van der Waals surface area contributed by atoms with Gasteiger partial charge >= 0.3 is 0 Å². The summed E-state index contributed by atoms with van der Waals surface area (Å²) in [6.07, 6.45) is 4.39. The highest BCUT2D eigenvalue weighted by molar-refractivity contribution is 5.99. The molecule has 8 aromatic rings. The average molecular weight is 628 g/mol. The van der Waals surface area contributed by atoms with Gasteiger partial charge in [-0.1, -0.05) is 158 Å². The Hall–Kier alpha value is -6.65. The minimum absolute atomic E-state index is 0.604. The van der Waals surface area contributed by atoms with Gasteiger partial charge in [0.05, 0.1) is 0 Å². The van der Waals surface area contributed by atoms with Gasteiger partial charge in [0.15, 0.2) is 17.5 Å². The summed E-state index contributed by atoms with van der Waals surface area (Å²) < 4.78 is 7.03. The van der Waals surface area contributed by atoms with E-state index < -0.39 is 0 Å². The quantitative estimate of drug-likeness (QED) is 0.196. The van der Waals surface area contributed by atoms with Gasteiger partial charge in [0.1, 0.15) is 11.5 Å². The third-order valence-electron chi connectivity index (χ3n) is 8.97. The summed E-state index contributed by atoms with van der Waals surface area (Å²) in [4.78, 5) is 15.0. The molecule has 7 aromatic carbocycles. The summed E-state index contributed by atoms with van der Waals surface area (Å²) in [5.41, 5.74) is 9.10. The van der Waals surface area contributed by atoms with Gasteiger partial charge in [0.2, 0.25) is 0 Å². The number of para-hydroxylation sites is 1. The first-order valence-corrected chi connectivity index (χ1v) is 16.4. The van der Waals surface area contributed by atoms with Crippen LogP contribution in [0.2, 0.25) is 0 Å². The van der Waals surface area contributed by atoms with E-state index in [1.165, 1.54) is 0 Å². The highest BCUT2D eigenvalue weighted by Gasteiger charge is 2.20. The topological polar surface area (TPSA) is 47.9 Å². The fourth-order valence-electron chi connectivity index (χ4n) is 6.53. The van der Waals surface area contributed by atoms with Gasteiger partial charge < -0.3 is 4.74 Å². The van der Waals surface area contributed by atoms with Crippen LogP contribution in [0, 0.1) is 0 Å². The van der Waals surface area contributed by atoms with E-state index in [9.17, 15) is 0 Å². The van der Waals surface area contributed by atoms with Crippen molar-refractivity contribution < 1.29 is 4.74 Å². The largest absolute Gasteiger partial charge is 0.455 e. The zero-order valence-corrected chi connectivity index (χ0v) is 26.5. The number of hydrogen-bond acceptors (Lipinski definition) is 4. The van der Waals surface area contributed by atoms with Crippen molar-refractivity contribution in [2.45, 2.75) is 0 Å². The van der Waals surface area contributed by atoms with E-state index in [2.05, 4.69) is 109 Å². The monoisotopic (exact) mass is 627 g/mol. The summed E-state index contributed by atoms with van der Waals surface area (Å²) in [7, 11) is 0. The first kappa shape index (κ1) is 28.6. The number of benzene rings is 7. The number of aromatic nitrogens is 3. The van der Waals surface area contributed by atoms with Gasteiger partial charge in [-0.15, -0.1) is 0 Å². The normalized spacial score (nSPS) is 11.8. The van der Waals surface area contributed by atoms with Gasteiger partial charge in [0.25, 0.3) is 0 Å². The molecule has 230 valence electrons. The van der Waals surface area contributed by atoms with E-state index in [0.29, 0.717) is 17.5 Å². The lowest BCUT2D eigenvalue weighted by Gasteiger charge is -2.18. The molecule has 0 saturated carbocycles. The Bertz CT molecular complexity index is 2470. The zero-order chi connectivity index (χ0) is 32.6. The smallest absolute Gasteiger partial charge is 0.164 e. The first-order valence-electron chi connectivity index (χ1n) is 16.4. The van der Waals surface area contributed by atoms with Crippen LogP contribution >= 0.6 is 0 Å². The van der Waals surface area contributed by atoms with Crippen LogP contribution in [0.1, 0.15) is 11.1 Å². The predicted molar refractivity (Wildman–Crippen MR) is 200 cm³/mol. The van der Waals surface area contributed by atoms with Crippen LogP contribution in [-0.4, -0.2) is 15.0 Å². The molecule has 0 fully saturated rings. The molecule has 9 rings (SSSR count). The van der Waals surface area contributed by atoms with Crippen molar-refractivity contribution in [3.63, 3.8) is 0 Å². The Balaban J connectivity index is 1.30. The van der Waals surface area contributed by atoms with Crippen LogP contribution in [0.5, 0.6) is 11.5 Å². The van der Waals surface area contributed by atoms with Gasteiger partial charge in [0, 0.05) is 33.2 Å². The van der Waals surface area contributed by atoms with Crippen LogP contribution in [0.3, 0.4) is 0 Å². The van der Waals surface area contributed by atoms with Gasteiger partial charge in [-0.25, -0.2) is 15.0 Å². The van der Waals surface area contributed by atoms with E-state index >= 15 is 0 Å². The Kier molecular flexibility index (Phi) is 7.10. The molecule has 0 bridgehead atoms. The Morgan fingerprint density at radius 1 is 0.367 bits per heavy atom. The fraction of sp³-hybridized carbons (Fsp3) is 0. The molecule has 0 radical (unpaired) electrons. The van der Waals surface area contributed by atoms with Gasteiger partial charge in [-0.3, -0.25) is 0 Å².